The summed E-state index contributed by atoms with van der Waals surface area (Å²) in [5.74, 6) is -0.615. The number of anilines is 3. The summed E-state index contributed by atoms with van der Waals surface area (Å²) in [4.78, 5) is 36.5. The fourth-order valence-electron chi connectivity index (χ4n) is 3.08. The van der Waals surface area contributed by atoms with Crippen molar-refractivity contribution in [2.75, 3.05) is 28.6 Å². The number of hydrogen-bond acceptors (Lipinski definition) is 5. The second kappa shape index (κ2) is 7.86. The van der Waals surface area contributed by atoms with Crippen molar-refractivity contribution in [1.29, 1.82) is 0 Å². The van der Waals surface area contributed by atoms with Gasteiger partial charge >= 0.3 is 0 Å². The fraction of sp³-hybridized carbons (Fsp3) is 0.263. The molecule has 0 aliphatic carbocycles. The van der Waals surface area contributed by atoms with Crippen molar-refractivity contribution in [1.82, 2.24) is 0 Å². The molecular weight excluding hydrogens is 348 g/mol. The van der Waals surface area contributed by atoms with Gasteiger partial charge in [-0.25, -0.2) is 0 Å². The highest BCUT2D eigenvalue weighted by molar-refractivity contribution is 6.05. The first-order valence-electron chi connectivity index (χ1n) is 8.66. The van der Waals surface area contributed by atoms with Crippen molar-refractivity contribution in [3.05, 3.63) is 58.1 Å². The molecule has 8 nitrogen and oxygen atoms in total. The Labute approximate surface area is 156 Å². The molecule has 0 saturated carbocycles. The molecule has 1 saturated heterocycles. The van der Waals surface area contributed by atoms with E-state index in [0.29, 0.717) is 17.1 Å². The molecule has 0 bridgehead atoms. The van der Waals surface area contributed by atoms with Crippen LogP contribution in [0.25, 0.3) is 0 Å². The normalized spacial score (nSPS) is 13.3. The number of rotatable bonds is 5. The van der Waals surface area contributed by atoms with Crippen LogP contribution in [0.3, 0.4) is 0 Å². The fourth-order valence-corrected chi connectivity index (χ4v) is 3.08. The first-order chi connectivity index (χ1) is 12.9. The molecule has 27 heavy (non-hydrogen) atoms. The molecule has 1 fully saturated rings. The molecule has 2 amide bonds. The zero-order chi connectivity index (χ0) is 19.4. The van der Waals surface area contributed by atoms with Crippen molar-refractivity contribution >= 4 is 34.6 Å². The van der Waals surface area contributed by atoms with E-state index in [4.69, 9.17) is 0 Å². The Hall–Kier alpha value is -3.42. The third kappa shape index (κ3) is 4.41. The lowest BCUT2D eigenvalue weighted by Crippen LogP contribution is -2.19. The smallest absolute Gasteiger partial charge is 0.293 e. The van der Waals surface area contributed by atoms with Gasteiger partial charge in [-0.2, -0.15) is 0 Å². The molecule has 2 aromatic rings. The van der Waals surface area contributed by atoms with Gasteiger partial charge in [0.2, 0.25) is 5.91 Å². The molecule has 0 aromatic heterocycles. The summed E-state index contributed by atoms with van der Waals surface area (Å²) in [5.41, 5.74) is 1.85. The maximum absolute atomic E-state index is 12.5. The van der Waals surface area contributed by atoms with Crippen LogP contribution in [-0.2, 0) is 4.79 Å². The average Bonchev–Trinajstić information content (AvgIpc) is 3.17. The van der Waals surface area contributed by atoms with E-state index >= 15 is 0 Å². The first-order valence-corrected chi connectivity index (χ1v) is 8.66. The van der Waals surface area contributed by atoms with Gasteiger partial charge in [-0.15, -0.1) is 0 Å². The van der Waals surface area contributed by atoms with E-state index in [1.54, 1.807) is 36.4 Å². The van der Waals surface area contributed by atoms with Crippen LogP contribution in [0.15, 0.2) is 42.5 Å². The minimum Gasteiger partial charge on any atom is -0.366 e. The molecule has 2 aromatic carbocycles. The van der Waals surface area contributed by atoms with Gasteiger partial charge in [-0.3, -0.25) is 19.7 Å². The van der Waals surface area contributed by atoms with Gasteiger partial charge in [0.1, 0.15) is 5.69 Å². The zero-order valence-corrected chi connectivity index (χ0v) is 14.9. The molecule has 8 heteroatoms. The summed E-state index contributed by atoms with van der Waals surface area (Å²) in [5, 5.41) is 16.8. The van der Waals surface area contributed by atoms with Crippen LogP contribution in [-0.4, -0.2) is 29.8 Å². The number of hydrogen-bond donors (Lipinski definition) is 2. The van der Waals surface area contributed by atoms with Crippen molar-refractivity contribution in [3.8, 4) is 0 Å². The van der Waals surface area contributed by atoms with Crippen LogP contribution in [0.5, 0.6) is 0 Å². The molecule has 1 aliphatic heterocycles. The van der Waals surface area contributed by atoms with Gasteiger partial charge in [0, 0.05) is 43.0 Å². The van der Waals surface area contributed by atoms with Gasteiger partial charge in [0.05, 0.1) is 4.92 Å². The molecule has 0 spiro atoms. The number of nitro benzene ring substituents is 1. The average molecular weight is 368 g/mol. The van der Waals surface area contributed by atoms with Crippen molar-refractivity contribution in [2.45, 2.75) is 19.8 Å². The number of carbonyl (C=O) groups is 2. The Bertz CT molecular complexity index is 874. The Morgan fingerprint density at radius 2 is 1.59 bits per heavy atom. The maximum Gasteiger partial charge on any atom is 0.293 e. The molecule has 1 heterocycles. The lowest BCUT2D eigenvalue weighted by Gasteiger charge is -2.17. The summed E-state index contributed by atoms with van der Waals surface area (Å²) in [6.45, 7) is 2.98. The molecule has 0 radical (unpaired) electrons. The highest BCUT2D eigenvalue weighted by Crippen LogP contribution is 2.31. The number of carbonyl (C=O) groups excluding carboxylic acids is 2. The van der Waals surface area contributed by atoms with Gasteiger partial charge in [0.15, 0.2) is 0 Å². The number of nitrogens with one attached hydrogen (secondary N) is 2. The summed E-state index contributed by atoms with van der Waals surface area (Å²) in [6, 6.07) is 11.2. The van der Waals surface area contributed by atoms with E-state index in [2.05, 4.69) is 10.6 Å². The molecule has 1 aliphatic rings. The Morgan fingerprint density at radius 1 is 1.00 bits per heavy atom. The molecular formula is C19H20N4O4. The van der Waals surface area contributed by atoms with E-state index in [1.165, 1.54) is 13.0 Å². The summed E-state index contributed by atoms with van der Waals surface area (Å²) in [7, 11) is 0. The van der Waals surface area contributed by atoms with Crippen LogP contribution in [0, 0.1) is 10.1 Å². The van der Waals surface area contributed by atoms with Crippen molar-refractivity contribution in [3.63, 3.8) is 0 Å². The maximum atomic E-state index is 12.5. The quantitative estimate of drug-likeness (QED) is 0.622. The lowest BCUT2D eigenvalue weighted by atomic mass is 10.1. The summed E-state index contributed by atoms with van der Waals surface area (Å²) >= 11 is 0. The Morgan fingerprint density at radius 3 is 2.15 bits per heavy atom. The predicted molar refractivity (Wildman–Crippen MR) is 103 cm³/mol. The van der Waals surface area contributed by atoms with Gasteiger partial charge in [-0.1, -0.05) is 0 Å². The Balaban J connectivity index is 1.77. The number of amides is 2. The van der Waals surface area contributed by atoms with E-state index < -0.39 is 10.8 Å². The van der Waals surface area contributed by atoms with Crippen molar-refractivity contribution in [2.24, 2.45) is 0 Å². The third-order valence-corrected chi connectivity index (χ3v) is 4.34. The summed E-state index contributed by atoms with van der Waals surface area (Å²) in [6.07, 6.45) is 2.02. The van der Waals surface area contributed by atoms with Crippen LogP contribution in [0.1, 0.15) is 30.1 Å². The summed E-state index contributed by atoms with van der Waals surface area (Å²) < 4.78 is 0. The SMILES string of the molecule is CC(=O)Nc1ccc(NC(=O)c2ccc(N3CCCC3)c([N+](=O)[O-])c2)cc1. The second-order valence-corrected chi connectivity index (χ2v) is 6.37. The highest BCUT2D eigenvalue weighted by atomic mass is 16.6. The van der Waals surface area contributed by atoms with Crippen molar-refractivity contribution < 1.29 is 14.5 Å². The minimum atomic E-state index is -0.452. The zero-order valence-electron chi connectivity index (χ0n) is 14.9. The van der Waals surface area contributed by atoms with E-state index in [-0.39, 0.29) is 17.2 Å². The van der Waals surface area contributed by atoms with E-state index in [0.717, 1.165) is 25.9 Å². The number of nitro groups is 1. The number of benzene rings is 2. The largest absolute Gasteiger partial charge is 0.366 e. The highest BCUT2D eigenvalue weighted by Gasteiger charge is 2.23. The number of nitrogens with zero attached hydrogens (tertiary/aromatic N) is 2. The Kier molecular flexibility index (Phi) is 5.35. The van der Waals surface area contributed by atoms with Gasteiger partial charge in [0.25, 0.3) is 11.6 Å². The molecule has 0 unspecified atom stereocenters. The van der Waals surface area contributed by atoms with Crippen LogP contribution >= 0.6 is 0 Å². The molecule has 3 rings (SSSR count). The lowest BCUT2D eigenvalue weighted by molar-refractivity contribution is -0.384. The molecule has 140 valence electrons. The van der Waals surface area contributed by atoms with Crippen LogP contribution in [0.2, 0.25) is 0 Å². The van der Waals surface area contributed by atoms with Gasteiger partial charge < -0.3 is 15.5 Å². The predicted octanol–water partition coefficient (Wildman–Crippen LogP) is 3.41. The minimum absolute atomic E-state index is 0.0643. The van der Waals surface area contributed by atoms with E-state index in [9.17, 15) is 19.7 Å². The third-order valence-electron chi connectivity index (χ3n) is 4.34. The van der Waals surface area contributed by atoms with E-state index in [1.807, 2.05) is 4.90 Å². The standard InChI is InChI=1S/C19H20N4O4/c1-13(24)20-15-5-7-16(8-6-15)21-19(25)14-4-9-17(18(12-14)23(26)27)22-10-2-3-11-22/h4-9,12H,2-3,10-11H2,1H3,(H,20,24)(H,21,25). The van der Waals surface area contributed by atoms with Crippen LogP contribution in [0.4, 0.5) is 22.7 Å². The topological polar surface area (TPSA) is 105 Å². The second-order valence-electron chi connectivity index (χ2n) is 6.37. The molecule has 0 atom stereocenters. The molecule has 2 N–H and O–H groups in total. The van der Waals surface area contributed by atoms with Gasteiger partial charge in [-0.05, 0) is 49.2 Å². The van der Waals surface area contributed by atoms with Crippen LogP contribution < -0.4 is 15.5 Å². The first kappa shape index (κ1) is 18.4. The monoisotopic (exact) mass is 368 g/mol.